The second kappa shape index (κ2) is 6.12. The molecule has 0 spiro atoms. The normalized spacial score (nSPS) is 10.3. The first-order chi connectivity index (χ1) is 9.06. The third-order valence-electron chi connectivity index (χ3n) is 2.45. The fraction of sp³-hybridized carbons (Fsp3) is 0.154. The first kappa shape index (κ1) is 14.0. The van der Waals surface area contributed by atoms with Gasteiger partial charge >= 0.3 is 0 Å². The number of rotatable bonds is 3. The zero-order valence-electron chi connectivity index (χ0n) is 10.2. The van der Waals surface area contributed by atoms with Crippen LogP contribution in [0.25, 0.3) is 0 Å². The van der Waals surface area contributed by atoms with Crippen LogP contribution in [0.3, 0.4) is 0 Å². The predicted octanol–water partition coefficient (Wildman–Crippen LogP) is 3.13. The third kappa shape index (κ3) is 3.75. The highest BCUT2D eigenvalue weighted by atomic mass is 79.9. The van der Waals surface area contributed by atoms with Crippen molar-refractivity contribution < 1.29 is 4.79 Å². The number of hydrogen-bond donors (Lipinski definition) is 1. The van der Waals surface area contributed by atoms with E-state index in [2.05, 4.69) is 31.2 Å². The van der Waals surface area contributed by atoms with Crippen LogP contribution in [-0.2, 0) is 6.54 Å². The molecule has 2 aromatic rings. The third-order valence-corrected chi connectivity index (χ3v) is 3.66. The van der Waals surface area contributed by atoms with Crippen LogP contribution >= 0.6 is 27.5 Å². The molecule has 19 heavy (non-hydrogen) atoms. The summed E-state index contributed by atoms with van der Waals surface area (Å²) in [7, 11) is 0. The van der Waals surface area contributed by atoms with Crippen LogP contribution in [0.2, 0.25) is 5.02 Å². The summed E-state index contributed by atoms with van der Waals surface area (Å²) in [6.45, 7) is 2.20. The minimum absolute atomic E-state index is 0.181. The predicted molar refractivity (Wildman–Crippen MR) is 77.1 cm³/mol. The topological polar surface area (TPSA) is 54.9 Å². The second-order valence-corrected chi connectivity index (χ2v) is 5.22. The number of hydrogen-bond acceptors (Lipinski definition) is 3. The molecule has 0 bridgehead atoms. The Hall–Kier alpha value is -1.46. The van der Waals surface area contributed by atoms with Crippen LogP contribution in [0, 0.1) is 6.92 Å². The maximum Gasteiger partial charge on any atom is 0.251 e. The summed E-state index contributed by atoms with van der Waals surface area (Å²) in [6, 6.07) is 5.02. The summed E-state index contributed by atoms with van der Waals surface area (Å²) >= 11 is 9.16. The van der Waals surface area contributed by atoms with Gasteiger partial charge in [0.1, 0.15) is 0 Å². The number of halogens is 2. The fourth-order valence-corrected chi connectivity index (χ4v) is 1.92. The van der Waals surface area contributed by atoms with E-state index >= 15 is 0 Å². The lowest BCUT2D eigenvalue weighted by Crippen LogP contribution is -2.23. The zero-order valence-corrected chi connectivity index (χ0v) is 12.5. The van der Waals surface area contributed by atoms with Crippen LogP contribution in [-0.4, -0.2) is 15.9 Å². The monoisotopic (exact) mass is 339 g/mol. The highest BCUT2D eigenvalue weighted by Gasteiger charge is 2.07. The Labute approximate surface area is 124 Å². The molecule has 0 saturated heterocycles. The highest BCUT2D eigenvalue weighted by molar-refractivity contribution is 9.10. The average Bonchev–Trinajstić information content (AvgIpc) is 2.41. The van der Waals surface area contributed by atoms with Gasteiger partial charge < -0.3 is 5.32 Å². The van der Waals surface area contributed by atoms with Crippen molar-refractivity contribution in [3.05, 3.63) is 57.0 Å². The van der Waals surface area contributed by atoms with Crippen molar-refractivity contribution in [2.24, 2.45) is 0 Å². The van der Waals surface area contributed by atoms with E-state index in [0.717, 1.165) is 5.69 Å². The van der Waals surface area contributed by atoms with Crippen LogP contribution in [0.4, 0.5) is 0 Å². The molecule has 4 nitrogen and oxygen atoms in total. The Morgan fingerprint density at radius 1 is 1.37 bits per heavy atom. The Bertz CT molecular complexity index is 601. The van der Waals surface area contributed by atoms with Gasteiger partial charge in [0, 0.05) is 16.2 Å². The van der Waals surface area contributed by atoms with E-state index in [9.17, 15) is 4.79 Å². The van der Waals surface area contributed by atoms with Crippen molar-refractivity contribution >= 4 is 33.4 Å². The molecule has 0 aliphatic heterocycles. The van der Waals surface area contributed by atoms with Gasteiger partial charge in [-0.05, 0) is 41.1 Å². The number of nitrogens with zero attached hydrogens (tertiary/aromatic N) is 2. The number of amides is 1. The number of benzene rings is 1. The summed E-state index contributed by atoms with van der Waals surface area (Å²) in [5, 5.41) is 3.35. The molecule has 2 rings (SSSR count). The maximum absolute atomic E-state index is 11.9. The largest absolute Gasteiger partial charge is 0.346 e. The lowest BCUT2D eigenvalue weighted by atomic mass is 10.2. The van der Waals surface area contributed by atoms with Gasteiger partial charge in [0.15, 0.2) is 0 Å². The van der Waals surface area contributed by atoms with Crippen LogP contribution in [0.5, 0.6) is 0 Å². The molecule has 1 aromatic carbocycles. The van der Waals surface area contributed by atoms with Gasteiger partial charge in [-0.15, -0.1) is 0 Å². The lowest BCUT2D eigenvalue weighted by Gasteiger charge is -2.06. The van der Waals surface area contributed by atoms with Crippen molar-refractivity contribution in [3.63, 3.8) is 0 Å². The van der Waals surface area contributed by atoms with Gasteiger partial charge in [0.2, 0.25) is 0 Å². The summed E-state index contributed by atoms with van der Waals surface area (Å²) in [5.74, 6) is -0.181. The minimum atomic E-state index is -0.181. The second-order valence-electron chi connectivity index (χ2n) is 3.96. The Morgan fingerprint density at radius 2 is 2.16 bits per heavy atom. The van der Waals surface area contributed by atoms with Crippen molar-refractivity contribution in [3.8, 4) is 0 Å². The average molecular weight is 341 g/mol. The van der Waals surface area contributed by atoms with Gasteiger partial charge in [-0.3, -0.25) is 14.8 Å². The van der Waals surface area contributed by atoms with E-state index in [1.807, 2.05) is 6.92 Å². The number of aryl methyl sites for hydroxylation is 1. The van der Waals surface area contributed by atoms with Gasteiger partial charge in [-0.1, -0.05) is 11.6 Å². The highest BCUT2D eigenvalue weighted by Crippen LogP contribution is 2.23. The Kier molecular flexibility index (Phi) is 4.50. The summed E-state index contributed by atoms with van der Waals surface area (Å²) in [5.41, 5.74) is 2.10. The number of carbonyl (C=O) groups is 1. The molecular formula is C13H11BrClN3O. The van der Waals surface area contributed by atoms with Crippen molar-refractivity contribution in [2.75, 3.05) is 0 Å². The van der Waals surface area contributed by atoms with Gasteiger partial charge in [-0.25, -0.2) is 0 Å². The summed E-state index contributed by atoms with van der Waals surface area (Å²) in [4.78, 5) is 20.2. The molecule has 0 radical (unpaired) electrons. The van der Waals surface area contributed by atoms with E-state index in [-0.39, 0.29) is 5.91 Å². The molecule has 0 unspecified atom stereocenters. The van der Waals surface area contributed by atoms with E-state index < -0.39 is 0 Å². The first-order valence-corrected chi connectivity index (χ1v) is 6.74. The van der Waals surface area contributed by atoms with E-state index in [4.69, 9.17) is 11.6 Å². The molecule has 98 valence electrons. The Morgan fingerprint density at radius 3 is 2.79 bits per heavy atom. The zero-order chi connectivity index (χ0) is 13.8. The Balaban J connectivity index is 2.01. The van der Waals surface area contributed by atoms with E-state index in [1.54, 1.807) is 30.6 Å². The lowest BCUT2D eigenvalue weighted by molar-refractivity contribution is 0.0950. The van der Waals surface area contributed by atoms with E-state index in [0.29, 0.717) is 27.3 Å². The molecular weight excluding hydrogens is 330 g/mol. The van der Waals surface area contributed by atoms with Crippen molar-refractivity contribution in [1.29, 1.82) is 0 Å². The molecule has 1 amide bonds. The molecule has 6 heteroatoms. The van der Waals surface area contributed by atoms with Crippen LogP contribution < -0.4 is 5.32 Å². The minimum Gasteiger partial charge on any atom is -0.346 e. The van der Waals surface area contributed by atoms with Crippen LogP contribution in [0.15, 0.2) is 35.1 Å². The van der Waals surface area contributed by atoms with Gasteiger partial charge in [0.25, 0.3) is 5.91 Å². The van der Waals surface area contributed by atoms with Crippen molar-refractivity contribution in [2.45, 2.75) is 13.5 Å². The SMILES string of the molecule is Cc1cnc(CNC(=O)c2ccc(Cl)c(Br)c2)cn1. The molecule has 0 aliphatic rings. The van der Waals surface area contributed by atoms with Gasteiger partial charge in [0.05, 0.1) is 29.2 Å². The maximum atomic E-state index is 11.9. The molecule has 0 atom stereocenters. The summed E-state index contributed by atoms with van der Waals surface area (Å²) < 4.78 is 0.692. The molecule has 0 aliphatic carbocycles. The standard InChI is InChI=1S/C13H11BrClN3O/c1-8-5-17-10(6-16-8)7-18-13(19)9-2-3-12(15)11(14)4-9/h2-6H,7H2,1H3,(H,18,19). The molecule has 1 heterocycles. The molecule has 1 N–H and O–H groups in total. The fourth-order valence-electron chi connectivity index (χ4n) is 1.42. The van der Waals surface area contributed by atoms with Crippen molar-refractivity contribution in [1.82, 2.24) is 15.3 Å². The first-order valence-electron chi connectivity index (χ1n) is 5.57. The molecule has 0 fully saturated rings. The quantitative estimate of drug-likeness (QED) is 0.934. The molecule has 1 aromatic heterocycles. The number of carbonyl (C=O) groups excluding carboxylic acids is 1. The number of nitrogens with one attached hydrogen (secondary N) is 1. The molecule has 0 saturated carbocycles. The van der Waals surface area contributed by atoms with Crippen LogP contribution in [0.1, 0.15) is 21.7 Å². The summed E-state index contributed by atoms with van der Waals surface area (Å²) in [6.07, 6.45) is 3.31. The van der Waals surface area contributed by atoms with Gasteiger partial charge in [-0.2, -0.15) is 0 Å². The smallest absolute Gasteiger partial charge is 0.251 e. The number of aromatic nitrogens is 2. The van der Waals surface area contributed by atoms with E-state index in [1.165, 1.54) is 0 Å².